The first-order valence-electron chi connectivity index (χ1n) is 21.1. The van der Waals surface area contributed by atoms with Crippen LogP contribution < -0.4 is 0 Å². The third-order valence-corrected chi connectivity index (χ3v) is 10.5. The van der Waals surface area contributed by atoms with E-state index in [1.165, 1.54) is 65.1 Å². The Morgan fingerprint density at radius 3 is 0.981 bits per heavy atom. The lowest BCUT2D eigenvalue weighted by Crippen LogP contribution is -2.57. The van der Waals surface area contributed by atoms with Crippen molar-refractivity contribution in [1.29, 1.82) is 0 Å². The van der Waals surface area contributed by atoms with Gasteiger partial charge < -0.3 is 0 Å². The maximum atomic E-state index is 2.69. The minimum atomic E-state index is 0. The number of nitrogens with zero attached hydrogens (tertiary/aromatic N) is 5. The van der Waals surface area contributed by atoms with Crippen LogP contribution in [0.2, 0.25) is 0 Å². The number of rotatable bonds is 0. The molecule has 4 aliphatic heterocycles. The molecule has 3 fully saturated rings. The van der Waals surface area contributed by atoms with Crippen LogP contribution in [0.5, 0.6) is 0 Å². The molecule has 0 aliphatic carbocycles. The highest BCUT2D eigenvalue weighted by molar-refractivity contribution is 5.15. The highest BCUT2D eigenvalue weighted by Crippen LogP contribution is 2.39. The molecule has 5 heteroatoms. The van der Waals surface area contributed by atoms with E-state index in [-0.39, 0.29) is 14.9 Å². The molecule has 2 bridgehead atoms. The van der Waals surface area contributed by atoms with E-state index in [0.717, 1.165) is 18.6 Å². The SMILES string of the molecule is C.C.CC.CC.CC.CC(C)(C)C1=CCN(C(C)(C)C)CC1.CC(C)(C)N1CC2CC1CN2C(C)(C)C.CC(C)(C)N1CCCN(C(C)(C)C)CC1. The fourth-order valence-corrected chi connectivity index (χ4v) is 7.53. The highest BCUT2D eigenvalue weighted by atomic mass is 15.4. The van der Waals surface area contributed by atoms with Crippen molar-refractivity contribution in [3.63, 3.8) is 0 Å². The van der Waals surface area contributed by atoms with Gasteiger partial charge in [0.25, 0.3) is 0 Å². The van der Waals surface area contributed by atoms with Gasteiger partial charge in [0.2, 0.25) is 0 Å². The fraction of sp³-hybridized carbons (Fsp3) is 0.957. The molecule has 0 amide bonds. The van der Waals surface area contributed by atoms with Crippen LogP contribution in [0.25, 0.3) is 0 Å². The fourth-order valence-electron chi connectivity index (χ4n) is 7.53. The quantitative estimate of drug-likeness (QED) is 0.229. The van der Waals surface area contributed by atoms with Crippen LogP contribution >= 0.6 is 0 Å². The van der Waals surface area contributed by atoms with Crippen LogP contribution in [0.1, 0.15) is 200 Å². The summed E-state index contributed by atoms with van der Waals surface area (Å²) in [6.07, 6.45) is 6.35. The highest BCUT2D eigenvalue weighted by Gasteiger charge is 2.49. The van der Waals surface area contributed by atoms with Crippen molar-refractivity contribution < 1.29 is 0 Å². The number of piperazine rings is 1. The van der Waals surface area contributed by atoms with Gasteiger partial charge in [0, 0.05) is 79.0 Å². The monoisotopic (exact) mass is 740 g/mol. The summed E-state index contributed by atoms with van der Waals surface area (Å²) in [5.74, 6) is 0. The molecule has 0 aromatic heterocycles. The zero-order valence-electron chi connectivity index (χ0n) is 39.2. The second kappa shape index (κ2) is 24.2. The molecule has 2 unspecified atom stereocenters. The first-order chi connectivity index (χ1) is 22.6. The molecular formula is C47H105N5. The lowest BCUT2D eigenvalue weighted by molar-refractivity contribution is 0.0179. The first kappa shape index (κ1) is 58.3. The van der Waals surface area contributed by atoms with Crippen molar-refractivity contribution in [2.24, 2.45) is 5.41 Å². The van der Waals surface area contributed by atoms with E-state index in [4.69, 9.17) is 0 Å². The summed E-state index contributed by atoms with van der Waals surface area (Å²) < 4.78 is 0. The van der Waals surface area contributed by atoms with Crippen LogP contribution in [0.4, 0.5) is 0 Å². The second-order valence-electron chi connectivity index (χ2n) is 20.2. The molecule has 318 valence electrons. The van der Waals surface area contributed by atoms with Gasteiger partial charge in [-0.05, 0) is 142 Å². The normalized spacial score (nSPS) is 22.3. The van der Waals surface area contributed by atoms with Crippen molar-refractivity contribution >= 4 is 0 Å². The van der Waals surface area contributed by atoms with E-state index in [1.807, 2.05) is 41.5 Å². The summed E-state index contributed by atoms with van der Waals surface area (Å²) >= 11 is 0. The molecular weight excluding hydrogens is 635 g/mol. The van der Waals surface area contributed by atoms with E-state index in [0.29, 0.717) is 33.1 Å². The summed E-state index contributed by atoms with van der Waals surface area (Å²) in [6.45, 7) is 63.6. The van der Waals surface area contributed by atoms with Gasteiger partial charge in [0.15, 0.2) is 0 Å². The Labute approximate surface area is 333 Å². The topological polar surface area (TPSA) is 16.2 Å². The van der Waals surface area contributed by atoms with E-state index in [1.54, 1.807) is 5.57 Å². The summed E-state index contributed by atoms with van der Waals surface area (Å²) in [7, 11) is 0. The Morgan fingerprint density at radius 1 is 0.442 bits per heavy atom. The third kappa shape index (κ3) is 19.9. The largest absolute Gasteiger partial charge is 0.297 e. The molecule has 0 radical (unpaired) electrons. The number of likely N-dealkylation sites (tertiary alicyclic amines) is 2. The van der Waals surface area contributed by atoms with Crippen molar-refractivity contribution in [3.05, 3.63) is 11.6 Å². The average Bonchev–Trinajstić information content (AvgIpc) is 3.52. The van der Waals surface area contributed by atoms with Gasteiger partial charge in [0.1, 0.15) is 0 Å². The summed E-state index contributed by atoms with van der Waals surface area (Å²) in [5.41, 5.74) is 3.66. The molecule has 2 atom stereocenters. The molecule has 0 spiro atoms. The Hall–Kier alpha value is -0.460. The Bertz CT molecular complexity index is 862. The average molecular weight is 740 g/mol. The Morgan fingerprint density at radius 2 is 0.769 bits per heavy atom. The molecule has 0 saturated carbocycles. The molecule has 0 N–H and O–H groups in total. The van der Waals surface area contributed by atoms with Crippen LogP contribution in [-0.2, 0) is 0 Å². The van der Waals surface area contributed by atoms with Crippen molar-refractivity contribution in [3.8, 4) is 0 Å². The van der Waals surface area contributed by atoms with Gasteiger partial charge in [-0.15, -0.1) is 0 Å². The van der Waals surface area contributed by atoms with E-state index >= 15 is 0 Å². The molecule has 52 heavy (non-hydrogen) atoms. The van der Waals surface area contributed by atoms with Gasteiger partial charge in [-0.25, -0.2) is 0 Å². The maximum Gasteiger partial charge on any atom is 0.0244 e. The lowest BCUT2D eigenvalue weighted by Gasteiger charge is -2.46. The van der Waals surface area contributed by atoms with Crippen LogP contribution in [0.15, 0.2) is 11.6 Å². The van der Waals surface area contributed by atoms with E-state index in [9.17, 15) is 0 Å². The van der Waals surface area contributed by atoms with Gasteiger partial charge in [-0.3, -0.25) is 24.5 Å². The minimum absolute atomic E-state index is 0. The second-order valence-corrected chi connectivity index (χ2v) is 20.2. The lowest BCUT2D eigenvalue weighted by atomic mass is 9.82. The van der Waals surface area contributed by atoms with Crippen LogP contribution in [0.3, 0.4) is 0 Å². The zero-order chi connectivity index (χ0) is 40.1. The number of fused-ring (bicyclic) bond motifs is 2. The summed E-state index contributed by atoms with van der Waals surface area (Å²) in [6, 6.07) is 1.60. The Kier molecular flexibility index (Phi) is 27.1. The van der Waals surface area contributed by atoms with Gasteiger partial charge in [0.05, 0.1) is 0 Å². The molecule has 0 aromatic carbocycles. The Balaban J connectivity index is -0.000000304. The van der Waals surface area contributed by atoms with Gasteiger partial charge >= 0.3 is 0 Å². The smallest absolute Gasteiger partial charge is 0.0244 e. The molecule has 4 heterocycles. The van der Waals surface area contributed by atoms with Crippen LogP contribution in [-0.4, -0.2) is 117 Å². The first-order valence-corrected chi connectivity index (χ1v) is 21.1. The summed E-state index contributed by atoms with van der Waals surface area (Å²) in [4.78, 5) is 13.2. The van der Waals surface area contributed by atoms with Crippen molar-refractivity contribution in [2.75, 3.05) is 52.4 Å². The molecule has 5 nitrogen and oxygen atoms in total. The number of hydrogen-bond donors (Lipinski definition) is 0. The predicted octanol–water partition coefficient (Wildman–Crippen LogP) is 12.7. The van der Waals surface area contributed by atoms with E-state index in [2.05, 4.69) is 155 Å². The van der Waals surface area contributed by atoms with Crippen LogP contribution in [0, 0.1) is 5.41 Å². The van der Waals surface area contributed by atoms with Crippen molar-refractivity contribution in [2.45, 2.75) is 240 Å². The number of hydrogen-bond acceptors (Lipinski definition) is 5. The molecule has 4 rings (SSSR count). The van der Waals surface area contributed by atoms with Gasteiger partial charge in [-0.1, -0.05) is 88.8 Å². The molecule has 4 aliphatic rings. The summed E-state index contributed by atoms with van der Waals surface area (Å²) in [5, 5.41) is 0. The molecule has 0 aromatic rings. The van der Waals surface area contributed by atoms with Crippen molar-refractivity contribution in [1.82, 2.24) is 24.5 Å². The standard InChI is InChI=1S/C13H26N2.C13H28N2.C13H25N.3C2H6.2CH4/c1-12(2,3)14-8-11-7-10(14)9-15(11)13(4,5)6;1-12(2,3)14-8-7-9-15(11-10-14)13(4,5)6;1-12(2,3)11-7-9-14(10-8-11)13(4,5)6;3*1-2;;/h10-11H,7-9H2,1-6H3;7-11H2,1-6H3;7H,8-10H2,1-6H3;3*1-2H3;2*1H4. The third-order valence-electron chi connectivity index (χ3n) is 10.5. The maximum absolute atomic E-state index is 2.69. The minimum Gasteiger partial charge on any atom is -0.297 e. The zero-order valence-corrected chi connectivity index (χ0v) is 39.2. The predicted molar refractivity (Wildman–Crippen MR) is 243 cm³/mol. The van der Waals surface area contributed by atoms with Gasteiger partial charge in [-0.2, -0.15) is 0 Å². The van der Waals surface area contributed by atoms with E-state index < -0.39 is 0 Å². The molecule has 3 saturated heterocycles.